The van der Waals surface area contributed by atoms with E-state index in [1.165, 1.54) is 0 Å². The van der Waals surface area contributed by atoms with Crippen LogP contribution in [0.15, 0.2) is 60.7 Å². The molecule has 0 N–H and O–H groups in total. The van der Waals surface area contributed by atoms with Gasteiger partial charge in [-0.1, -0.05) is 60.7 Å². The highest BCUT2D eigenvalue weighted by Gasteiger charge is 2.57. The van der Waals surface area contributed by atoms with E-state index in [4.69, 9.17) is 9.47 Å². The molecule has 26 heavy (non-hydrogen) atoms. The molecule has 1 saturated heterocycles. The summed E-state index contributed by atoms with van der Waals surface area (Å²) in [6, 6.07) is 18.2. The van der Waals surface area contributed by atoms with E-state index in [0.29, 0.717) is 24.2 Å². The van der Waals surface area contributed by atoms with Gasteiger partial charge in [0.25, 0.3) is 0 Å². The highest BCUT2D eigenvalue weighted by molar-refractivity contribution is 6.02. The molecule has 0 aromatic heterocycles. The fourth-order valence-electron chi connectivity index (χ4n) is 3.40. The number of carbonyl (C=O) groups is 2. The van der Waals surface area contributed by atoms with Crippen LogP contribution in [0.1, 0.15) is 43.1 Å². The van der Waals surface area contributed by atoms with E-state index in [2.05, 4.69) is 0 Å². The van der Waals surface area contributed by atoms with Crippen molar-refractivity contribution >= 4 is 11.8 Å². The van der Waals surface area contributed by atoms with Crippen LogP contribution in [0.4, 0.5) is 0 Å². The van der Waals surface area contributed by atoms with Crippen molar-refractivity contribution in [1.29, 1.82) is 0 Å². The van der Waals surface area contributed by atoms with Gasteiger partial charge in [0, 0.05) is 12.2 Å². The topological polar surface area (TPSA) is 52.6 Å². The molecule has 2 aromatic carbocycles. The zero-order valence-electron chi connectivity index (χ0n) is 15.4. The van der Waals surface area contributed by atoms with Gasteiger partial charge in [0.1, 0.15) is 5.60 Å². The first-order valence-electron chi connectivity index (χ1n) is 8.87. The Morgan fingerprint density at radius 1 is 1.00 bits per heavy atom. The van der Waals surface area contributed by atoms with Crippen LogP contribution in [0, 0.1) is 5.92 Å². The Hall–Kier alpha value is -2.46. The lowest BCUT2D eigenvalue weighted by molar-refractivity contribution is -0.182. The minimum Gasteiger partial charge on any atom is -0.458 e. The fraction of sp³-hybridized carbons (Fsp3) is 0.364. The van der Waals surface area contributed by atoms with E-state index in [9.17, 15) is 9.59 Å². The van der Waals surface area contributed by atoms with Crippen molar-refractivity contribution in [3.63, 3.8) is 0 Å². The second-order valence-electron chi connectivity index (χ2n) is 7.52. The molecule has 0 saturated carbocycles. The van der Waals surface area contributed by atoms with Gasteiger partial charge in [-0.2, -0.15) is 0 Å². The normalized spacial score (nSPS) is 22.8. The second kappa shape index (κ2) is 7.04. The molecule has 2 atom stereocenters. The lowest BCUT2D eigenvalue weighted by Gasteiger charge is -2.34. The molecule has 0 radical (unpaired) electrons. The minimum atomic E-state index is -1.42. The number of ether oxygens (including phenoxy) is 2. The van der Waals surface area contributed by atoms with Crippen LogP contribution in [-0.4, -0.2) is 24.0 Å². The molecular weight excluding hydrogens is 328 g/mol. The predicted octanol–water partition coefficient (Wildman–Crippen LogP) is 4.14. The van der Waals surface area contributed by atoms with Gasteiger partial charge in [0.05, 0.1) is 5.92 Å². The lowest BCUT2D eigenvalue weighted by Crippen LogP contribution is -2.47. The molecule has 136 valence electrons. The molecule has 0 spiro atoms. The maximum Gasteiger partial charge on any atom is 0.344 e. The summed E-state index contributed by atoms with van der Waals surface area (Å²) in [5.41, 5.74) is -0.861. The van der Waals surface area contributed by atoms with E-state index in [1.807, 2.05) is 69.3 Å². The van der Waals surface area contributed by atoms with E-state index in [1.54, 1.807) is 12.1 Å². The number of esters is 1. The number of rotatable bonds is 4. The molecule has 0 amide bonds. The third-order valence-electron chi connectivity index (χ3n) is 4.51. The Labute approximate surface area is 154 Å². The first kappa shape index (κ1) is 18.3. The molecule has 2 aromatic rings. The molecule has 3 rings (SSSR count). The van der Waals surface area contributed by atoms with Gasteiger partial charge < -0.3 is 9.47 Å². The highest BCUT2D eigenvalue weighted by atomic mass is 16.6. The summed E-state index contributed by atoms with van der Waals surface area (Å²) in [4.78, 5) is 26.4. The first-order valence-corrected chi connectivity index (χ1v) is 8.87. The van der Waals surface area contributed by atoms with Crippen LogP contribution in [0.2, 0.25) is 0 Å². The molecule has 0 aliphatic carbocycles. The Morgan fingerprint density at radius 3 is 2.15 bits per heavy atom. The second-order valence-corrected chi connectivity index (χ2v) is 7.52. The van der Waals surface area contributed by atoms with E-state index in [-0.39, 0.29) is 5.78 Å². The summed E-state index contributed by atoms with van der Waals surface area (Å²) in [5.74, 6) is -1.23. The average molecular weight is 352 g/mol. The number of benzene rings is 2. The highest BCUT2D eigenvalue weighted by Crippen LogP contribution is 2.44. The third-order valence-corrected chi connectivity index (χ3v) is 4.51. The van der Waals surface area contributed by atoms with Crippen LogP contribution >= 0.6 is 0 Å². The van der Waals surface area contributed by atoms with Crippen LogP contribution in [0.3, 0.4) is 0 Å². The quantitative estimate of drug-likeness (QED) is 0.613. The van der Waals surface area contributed by atoms with E-state index < -0.39 is 23.1 Å². The van der Waals surface area contributed by atoms with Gasteiger partial charge in [-0.25, -0.2) is 4.79 Å². The Balaban J connectivity index is 2.07. The zero-order valence-corrected chi connectivity index (χ0v) is 15.4. The molecule has 1 heterocycles. The van der Waals surface area contributed by atoms with Crippen molar-refractivity contribution in [1.82, 2.24) is 0 Å². The lowest BCUT2D eigenvalue weighted by atomic mass is 9.77. The van der Waals surface area contributed by atoms with E-state index in [0.717, 1.165) is 0 Å². The minimum absolute atomic E-state index is 0.0992. The van der Waals surface area contributed by atoms with E-state index >= 15 is 0 Å². The van der Waals surface area contributed by atoms with Crippen molar-refractivity contribution in [2.45, 2.75) is 38.4 Å². The van der Waals surface area contributed by atoms with Gasteiger partial charge in [0.15, 0.2) is 11.4 Å². The molecular formula is C22H24O4. The van der Waals surface area contributed by atoms with Crippen molar-refractivity contribution in [2.75, 3.05) is 6.61 Å². The van der Waals surface area contributed by atoms with Gasteiger partial charge in [-0.3, -0.25) is 4.79 Å². The molecule has 1 fully saturated rings. The average Bonchev–Trinajstić information content (AvgIpc) is 3.07. The fourth-order valence-corrected chi connectivity index (χ4v) is 3.40. The summed E-state index contributed by atoms with van der Waals surface area (Å²) in [6.45, 7) is 5.77. The number of Topliss-reactive ketones (excluding diaryl/α,β-unsaturated/α-hetero) is 1. The van der Waals surface area contributed by atoms with Crippen LogP contribution < -0.4 is 0 Å². The predicted molar refractivity (Wildman–Crippen MR) is 98.8 cm³/mol. The molecule has 1 aliphatic heterocycles. The monoisotopic (exact) mass is 352 g/mol. The number of ketones is 1. The van der Waals surface area contributed by atoms with Crippen LogP contribution in [0.5, 0.6) is 0 Å². The van der Waals surface area contributed by atoms with Gasteiger partial charge in [-0.05, 0) is 32.8 Å². The number of hydrogen-bond donors (Lipinski definition) is 0. The van der Waals surface area contributed by atoms with Gasteiger partial charge in [0.2, 0.25) is 0 Å². The summed E-state index contributed by atoms with van der Waals surface area (Å²) >= 11 is 0. The summed E-state index contributed by atoms with van der Waals surface area (Å²) in [7, 11) is 0. The Kier molecular flexibility index (Phi) is 4.97. The number of hydrogen-bond acceptors (Lipinski definition) is 4. The van der Waals surface area contributed by atoms with Crippen molar-refractivity contribution in [2.24, 2.45) is 5.92 Å². The summed E-state index contributed by atoms with van der Waals surface area (Å²) in [5, 5.41) is 0. The summed E-state index contributed by atoms with van der Waals surface area (Å²) in [6.07, 6.45) is 0.474. The summed E-state index contributed by atoms with van der Waals surface area (Å²) < 4.78 is 11.7. The molecule has 4 heteroatoms. The first-order chi connectivity index (χ1) is 12.3. The maximum atomic E-state index is 13.2. The molecule has 1 aliphatic rings. The van der Waals surface area contributed by atoms with Crippen molar-refractivity contribution < 1.29 is 19.1 Å². The standard InChI is InChI=1S/C22H24O4/c1-21(2,3)26-20(24)22(17-12-8-5-9-13-17)18(14-15-25-22)19(23)16-10-6-4-7-11-16/h4-13,18H,14-15H2,1-3H3/t18-,22-/m0/s1. The SMILES string of the molecule is CC(C)(C)OC(=O)[C@@]1(c2ccccc2)OCC[C@H]1C(=O)c1ccccc1. The van der Waals surface area contributed by atoms with Gasteiger partial charge >= 0.3 is 5.97 Å². The van der Waals surface area contributed by atoms with Crippen LogP contribution in [-0.2, 0) is 19.9 Å². The molecule has 4 nitrogen and oxygen atoms in total. The van der Waals surface area contributed by atoms with Gasteiger partial charge in [-0.15, -0.1) is 0 Å². The van der Waals surface area contributed by atoms with Crippen LogP contribution in [0.25, 0.3) is 0 Å². The third kappa shape index (κ3) is 3.42. The largest absolute Gasteiger partial charge is 0.458 e. The van der Waals surface area contributed by atoms with Crippen molar-refractivity contribution in [3.05, 3.63) is 71.8 Å². The molecule has 0 bridgehead atoms. The maximum absolute atomic E-state index is 13.2. The smallest absolute Gasteiger partial charge is 0.344 e. The molecule has 0 unspecified atom stereocenters. The van der Waals surface area contributed by atoms with Crippen molar-refractivity contribution in [3.8, 4) is 0 Å². The number of carbonyl (C=O) groups excluding carboxylic acids is 2. The Bertz CT molecular complexity index is 777. The zero-order chi connectivity index (χ0) is 18.8. The Morgan fingerprint density at radius 2 is 1.58 bits per heavy atom.